The molecule has 0 aliphatic heterocycles. The van der Waals surface area contributed by atoms with Crippen molar-refractivity contribution in [3.8, 4) is 0 Å². The van der Waals surface area contributed by atoms with Crippen LogP contribution >= 0.6 is 0 Å². The van der Waals surface area contributed by atoms with Crippen molar-refractivity contribution in [1.82, 2.24) is 0 Å². The van der Waals surface area contributed by atoms with Gasteiger partial charge in [-0.1, -0.05) is 0 Å². The molecule has 0 heterocycles. The lowest BCUT2D eigenvalue weighted by Crippen LogP contribution is -2.27. The summed E-state index contributed by atoms with van der Waals surface area (Å²) in [4.78, 5) is 10.2. The maximum Gasteiger partial charge on any atom is 0.305 e. The van der Waals surface area contributed by atoms with Gasteiger partial charge in [-0.2, -0.15) is 0 Å². The highest BCUT2D eigenvalue weighted by molar-refractivity contribution is 6.69. The Labute approximate surface area is 134 Å². The van der Waals surface area contributed by atoms with Gasteiger partial charge in [0.2, 0.25) is 0 Å². The van der Waals surface area contributed by atoms with Gasteiger partial charge in [0.25, 0.3) is 0 Å². The molecule has 1 N–H and O–H groups in total. The first-order valence-corrected chi connectivity index (χ1v) is 11.0. The second-order valence-corrected chi connectivity index (χ2v) is 10.1. The molecule has 0 aliphatic carbocycles. The third-order valence-corrected chi connectivity index (χ3v) is 3.41. The number of ether oxygens (including phenoxy) is 4. The summed E-state index contributed by atoms with van der Waals surface area (Å²) in [6, 6.07) is 0. The molecule has 0 aliphatic rings. The van der Waals surface area contributed by atoms with Crippen LogP contribution < -0.4 is 0 Å². The van der Waals surface area contributed by atoms with E-state index in [1.54, 1.807) is 0 Å². The summed E-state index contributed by atoms with van der Waals surface area (Å²) in [6.45, 7) is 10.8. The Morgan fingerprint density at radius 2 is 1.09 bits per heavy atom. The normalized spacial score (nSPS) is 11.8. The summed E-state index contributed by atoms with van der Waals surface area (Å²) in [5.41, 5.74) is 0. The molecule has 0 radical (unpaired) electrons. The fraction of sp³-hybridized carbons (Fsp3) is 0.929. The van der Waals surface area contributed by atoms with Crippen LogP contribution in [0.3, 0.4) is 0 Å². The molecule has 7 nitrogen and oxygen atoms in total. The van der Waals surface area contributed by atoms with Gasteiger partial charge in [0.15, 0.2) is 8.32 Å². The molecule has 0 aromatic carbocycles. The molecule has 22 heavy (non-hydrogen) atoms. The summed E-state index contributed by atoms with van der Waals surface area (Å²) >= 11 is 0. The van der Waals surface area contributed by atoms with E-state index in [4.69, 9.17) is 28.5 Å². The maximum absolute atomic E-state index is 10.2. The predicted octanol–water partition coefficient (Wildman–Crippen LogP) is 1.38. The smallest absolute Gasteiger partial charge is 0.305 e. The molecule has 0 saturated carbocycles. The average molecular weight is 338 g/mol. The Balaban J connectivity index is 3.04. The maximum atomic E-state index is 10.2. The Hall–Kier alpha value is -0.513. The molecule has 0 saturated heterocycles. The zero-order valence-electron chi connectivity index (χ0n) is 14.0. The molecule has 132 valence electrons. The van der Waals surface area contributed by atoms with Crippen LogP contribution in [0, 0.1) is 0 Å². The number of carbonyl (C=O) groups is 1. The average Bonchev–Trinajstić information content (AvgIpc) is 2.41. The first-order chi connectivity index (χ1) is 10.4. The van der Waals surface area contributed by atoms with Crippen LogP contribution in [0.2, 0.25) is 19.6 Å². The van der Waals surface area contributed by atoms with Crippen molar-refractivity contribution in [2.75, 3.05) is 59.5 Å². The number of carboxylic acid groups (broad SMARTS) is 1. The fourth-order valence-electron chi connectivity index (χ4n) is 1.33. The van der Waals surface area contributed by atoms with Crippen molar-refractivity contribution < 1.29 is 33.3 Å². The molecule has 0 unspecified atom stereocenters. The van der Waals surface area contributed by atoms with Gasteiger partial charge >= 0.3 is 5.97 Å². The van der Waals surface area contributed by atoms with Gasteiger partial charge in [-0.3, -0.25) is 4.79 Å². The predicted molar refractivity (Wildman–Crippen MR) is 84.8 cm³/mol. The largest absolute Gasteiger partial charge is 0.481 e. The van der Waals surface area contributed by atoms with E-state index in [9.17, 15) is 4.79 Å². The van der Waals surface area contributed by atoms with Crippen molar-refractivity contribution in [3.05, 3.63) is 0 Å². The van der Waals surface area contributed by atoms with E-state index in [1.807, 2.05) is 0 Å². The number of rotatable bonds is 16. The monoisotopic (exact) mass is 338 g/mol. The van der Waals surface area contributed by atoms with Gasteiger partial charge < -0.3 is 28.5 Å². The summed E-state index contributed by atoms with van der Waals surface area (Å²) < 4.78 is 26.7. The first kappa shape index (κ1) is 21.5. The van der Waals surface area contributed by atoms with Crippen LogP contribution in [-0.4, -0.2) is 78.9 Å². The van der Waals surface area contributed by atoms with Crippen molar-refractivity contribution in [1.29, 1.82) is 0 Å². The highest BCUT2D eigenvalue weighted by atomic mass is 28.4. The van der Waals surface area contributed by atoms with E-state index < -0.39 is 14.3 Å². The topological polar surface area (TPSA) is 83.5 Å². The minimum absolute atomic E-state index is 0.0199. The van der Waals surface area contributed by atoms with E-state index in [0.29, 0.717) is 52.9 Å². The first-order valence-electron chi connectivity index (χ1n) is 7.58. The van der Waals surface area contributed by atoms with Gasteiger partial charge in [0.1, 0.15) is 0 Å². The summed E-state index contributed by atoms with van der Waals surface area (Å²) in [7, 11) is -1.43. The van der Waals surface area contributed by atoms with E-state index >= 15 is 0 Å². The van der Waals surface area contributed by atoms with Crippen LogP contribution in [0.1, 0.15) is 6.42 Å². The van der Waals surface area contributed by atoms with Crippen LogP contribution in [0.4, 0.5) is 0 Å². The lowest BCUT2D eigenvalue weighted by Gasteiger charge is -2.16. The molecule has 8 heteroatoms. The minimum Gasteiger partial charge on any atom is -0.481 e. The van der Waals surface area contributed by atoms with Crippen LogP contribution in [0.25, 0.3) is 0 Å². The molecular formula is C14H30O7Si. The van der Waals surface area contributed by atoms with Crippen LogP contribution in [0.15, 0.2) is 0 Å². The zero-order valence-corrected chi connectivity index (χ0v) is 15.0. The van der Waals surface area contributed by atoms with Crippen molar-refractivity contribution in [2.45, 2.75) is 26.1 Å². The Bertz CT molecular complexity index is 268. The number of hydrogen-bond acceptors (Lipinski definition) is 6. The molecule has 0 amide bonds. The molecular weight excluding hydrogens is 308 g/mol. The lowest BCUT2D eigenvalue weighted by atomic mass is 10.5. The molecule has 0 atom stereocenters. The van der Waals surface area contributed by atoms with Gasteiger partial charge in [-0.25, -0.2) is 0 Å². The van der Waals surface area contributed by atoms with Crippen LogP contribution in [-0.2, 0) is 28.2 Å². The van der Waals surface area contributed by atoms with Gasteiger partial charge in [0, 0.05) is 0 Å². The zero-order chi connectivity index (χ0) is 16.7. The Morgan fingerprint density at radius 1 is 0.727 bits per heavy atom. The molecule has 0 rings (SSSR count). The molecule has 0 bridgehead atoms. The third kappa shape index (κ3) is 19.5. The van der Waals surface area contributed by atoms with Gasteiger partial charge in [-0.05, 0) is 19.6 Å². The van der Waals surface area contributed by atoms with E-state index in [0.717, 1.165) is 0 Å². The highest BCUT2D eigenvalue weighted by Gasteiger charge is 2.12. The SMILES string of the molecule is C[Si](C)(C)OCCOCCOCCOCCOCCC(=O)O. The second kappa shape index (κ2) is 14.1. The summed E-state index contributed by atoms with van der Waals surface area (Å²) in [6.07, 6.45) is 0.0199. The van der Waals surface area contributed by atoms with Crippen molar-refractivity contribution in [3.63, 3.8) is 0 Å². The van der Waals surface area contributed by atoms with E-state index in [-0.39, 0.29) is 13.0 Å². The number of carboxylic acids is 1. The van der Waals surface area contributed by atoms with E-state index in [1.165, 1.54) is 0 Å². The standard InChI is InChI=1S/C14H30O7Si/c1-22(2,3)21-13-12-20-11-10-19-9-8-18-7-6-17-5-4-14(15)16/h4-13H2,1-3H3,(H,15,16). The third-order valence-electron chi connectivity index (χ3n) is 2.34. The summed E-state index contributed by atoms with van der Waals surface area (Å²) in [5, 5.41) is 8.40. The Kier molecular flexibility index (Phi) is 13.8. The quantitative estimate of drug-likeness (QED) is 0.336. The lowest BCUT2D eigenvalue weighted by molar-refractivity contribution is -0.138. The van der Waals surface area contributed by atoms with Crippen molar-refractivity contribution in [2.24, 2.45) is 0 Å². The second-order valence-electron chi connectivity index (χ2n) is 5.55. The fourth-order valence-corrected chi connectivity index (χ4v) is 2.02. The minimum atomic E-state index is -1.43. The molecule has 0 spiro atoms. The highest BCUT2D eigenvalue weighted by Crippen LogP contribution is 2.01. The van der Waals surface area contributed by atoms with Gasteiger partial charge in [-0.15, -0.1) is 0 Å². The van der Waals surface area contributed by atoms with Crippen LogP contribution in [0.5, 0.6) is 0 Å². The number of aliphatic carboxylic acids is 1. The summed E-state index contributed by atoms with van der Waals surface area (Å²) in [5.74, 6) is -0.858. The molecule has 0 fully saturated rings. The van der Waals surface area contributed by atoms with E-state index in [2.05, 4.69) is 19.6 Å². The van der Waals surface area contributed by atoms with Gasteiger partial charge in [0.05, 0.1) is 65.9 Å². The molecule has 0 aromatic heterocycles. The Morgan fingerprint density at radius 3 is 1.45 bits per heavy atom. The number of hydrogen-bond donors (Lipinski definition) is 1. The molecule has 0 aromatic rings. The van der Waals surface area contributed by atoms with Crippen molar-refractivity contribution >= 4 is 14.3 Å².